The number of aromatic nitrogens is 4. The molecule has 18 heteroatoms. The van der Waals surface area contributed by atoms with E-state index >= 15 is 4.39 Å². The van der Waals surface area contributed by atoms with Crippen LogP contribution in [0.4, 0.5) is 23.4 Å². The second-order valence-corrected chi connectivity index (χ2v) is 10.0. The Balaban J connectivity index is 1.56. The molecule has 1 aliphatic rings. The molecule has 3 heterocycles. The van der Waals surface area contributed by atoms with Gasteiger partial charge >= 0.3 is 19.9 Å². The number of methoxy groups -OCH3 is 1. The Kier molecular flexibility index (Phi) is 8.09. The number of rotatable bonds is 9. The van der Waals surface area contributed by atoms with E-state index in [-0.39, 0.29) is 11.3 Å². The number of aliphatic hydroxyl groups excluding tert-OH is 1. The molecule has 1 aliphatic heterocycles. The second-order valence-electron chi connectivity index (χ2n) is 8.33. The van der Waals surface area contributed by atoms with Gasteiger partial charge < -0.3 is 24.8 Å². The summed E-state index contributed by atoms with van der Waals surface area (Å²) in [5.41, 5.74) is 4.84. The molecule has 6 atom stereocenters. The minimum Gasteiger partial charge on any atom is -0.468 e. The van der Waals surface area contributed by atoms with Gasteiger partial charge in [0.05, 0.1) is 20.0 Å². The van der Waals surface area contributed by atoms with E-state index in [1.807, 2.05) is 0 Å². The van der Waals surface area contributed by atoms with Crippen LogP contribution >= 0.6 is 7.75 Å². The minimum atomic E-state index is -4.95. The van der Waals surface area contributed by atoms with Crippen molar-refractivity contribution in [1.82, 2.24) is 24.6 Å². The lowest BCUT2D eigenvalue weighted by Gasteiger charge is -2.24. The molecular formula is C21H23F4N6O7P. The molecule has 212 valence electrons. The van der Waals surface area contributed by atoms with Gasteiger partial charge in [0.25, 0.3) is 0 Å². The molecule has 39 heavy (non-hydrogen) atoms. The van der Waals surface area contributed by atoms with Gasteiger partial charge in [-0.05, 0) is 19.1 Å². The van der Waals surface area contributed by atoms with Crippen molar-refractivity contribution in [3.05, 3.63) is 42.5 Å². The van der Waals surface area contributed by atoms with Crippen molar-refractivity contribution in [2.24, 2.45) is 0 Å². The van der Waals surface area contributed by atoms with Gasteiger partial charge in [0.15, 0.2) is 23.9 Å². The van der Waals surface area contributed by atoms with E-state index in [2.05, 4.69) is 24.8 Å². The molecule has 1 aromatic carbocycles. The van der Waals surface area contributed by atoms with Crippen molar-refractivity contribution in [2.75, 3.05) is 19.5 Å². The van der Waals surface area contributed by atoms with E-state index in [1.54, 1.807) is 18.2 Å². The fourth-order valence-electron chi connectivity index (χ4n) is 3.66. The first-order valence-electron chi connectivity index (χ1n) is 11.2. The smallest absolute Gasteiger partial charge is 0.459 e. The van der Waals surface area contributed by atoms with Crippen molar-refractivity contribution >= 4 is 30.7 Å². The number of hydrogen-bond acceptors (Lipinski definition) is 11. The van der Waals surface area contributed by atoms with Gasteiger partial charge in [0.1, 0.15) is 29.5 Å². The first-order chi connectivity index (χ1) is 18.3. The van der Waals surface area contributed by atoms with E-state index < -0.39 is 74.4 Å². The number of alkyl halides is 4. The number of nitrogens with one attached hydrogen (secondary N) is 1. The maximum Gasteiger partial charge on any atom is 0.459 e. The van der Waals surface area contributed by atoms with Crippen LogP contribution in [-0.2, 0) is 29.5 Å². The van der Waals surface area contributed by atoms with Crippen LogP contribution in [0.5, 0.6) is 5.75 Å². The van der Waals surface area contributed by atoms with Gasteiger partial charge in [-0.15, -0.1) is 0 Å². The third-order valence-electron chi connectivity index (χ3n) is 5.55. The summed E-state index contributed by atoms with van der Waals surface area (Å²) in [5, 5.41) is 12.8. The van der Waals surface area contributed by atoms with E-state index in [9.17, 15) is 27.6 Å². The predicted octanol–water partition coefficient (Wildman–Crippen LogP) is 2.38. The van der Waals surface area contributed by atoms with Crippen LogP contribution in [-0.4, -0.2) is 68.7 Å². The Morgan fingerprint density at radius 1 is 1.31 bits per heavy atom. The highest BCUT2D eigenvalue weighted by atomic mass is 31.2. The molecule has 1 fully saturated rings. The zero-order valence-electron chi connectivity index (χ0n) is 20.3. The largest absolute Gasteiger partial charge is 0.468 e. The number of carbonyl (C=O) groups excluding carboxylic acids is 1. The number of carbonyl (C=O) groups is 1. The normalized spacial score (nSPS) is 23.9. The number of nitrogens with zero attached hydrogens (tertiary/aromatic N) is 4. The van der Waals surface area contributed by atoms with Crippen LogP contribution in [0.3, 0.4) is 0 Å². The Bertz CT molecular complexity index is 1380. The van der Waals surface area contributed by atoms with Crippen molar-refractivity contribution in [3.63, 3.8) is 0 Å². The molecule has 13 nitrogen and oxygen atoms in total. The number of nitrogens with two attached hydrogens (primary N) is 1. The van der Waals surface area contributed by atoms with Crippen LogP contribution in [0.2, 0.25) is 0 Å². The molecule has 0 amide bonds. The number of ether oxygens (including phenoxy) is 2. The molecule has 0 bridgehead atoms. The number of hydrogen-bond donors (Lipinski definition) is 3. The van der Waals surface area contributed by atoms with E-state index in [1.165, 1.54) is 19.1 Å². The molecule has 3 unspecified atom stereocenters. The first-order valence-corrected chi connectivity index (χ1v) is 12.8. The van der Waals surface area contributed by atoms with Gasteiger partial charge in [0.2, 0.25) is 5.82 Å². The van der Waals surface area contributed by atoms with E-state index in [0.717, 1.165) is 18.0 Å². The third-order valence-corrected chi connectivity index (χ3v) is 7.20. The Morgan fingerprint density at radius 2 is 2.00 bits per heavy atom. The molecule has 3 aromatic rings. The van der Waals surface area contributed by atoms with Crippen LogP contribution in [0.25, 0.3) is 11.2 Å². The summed E-state index contributed by atoms with van der Waals surface area (Å²) in [4.78, 5) is 22.3. The first kappa shape index (κ1) is 28.6. The summed E-state index contributed by atoms with van der Waals surface area (Å²) in [7, 11) is -3.24. The number of fused-ring (bicyclic) bond motifs is 1. The summed E-state index contributed by atoms with van der Waals surface area (Å²) >= 11 is 0. The summed E-state index contributed by atoms with van der Waals surface area (Å²) in [5.74, 6) is -2.86. The van der Waals surface area contributed by atoms with Crippen LogP contribution in [0, 0.1) is 0 Å². The van der Waals surface area contributed by atoms with Gasteiger partial charge in [-0.25, -0.2) is 23.9 Å². The van der Waals surface area contributed by atoms with Crippen molar-refractivity contribution < 1.29 is 50.5 Å². The molecule has 0 aliphatic carbocycles. The lowest BCUT2D eigenvalue weighted by atomic mass is 10.1. The lowest BCUT2D eigenvalue weighted by molar-refractivity contribution is -0.144. The Morgan fingerprint density at radius 3 is 2.64 bits per heavy atom. The standard InChI is InChI=1S/C21H23F4N6O7P/c1-10(19(33)35-2)30-39(34,38-11-6-4-3-5-7-11)36-8-12-15(32)13(22)18(37-12)31-9-27-14-16(26)28-20(21(23,24)25)29-17(14)31/h3-7,9-10,12-13,15,18,32H,8H2,1-2H3,(H,30,34)(H2,26,28,29)/t10-,12+,13?,15?,18+,39?/m0/s1. The fourth-order valence-corrected chi connectivity index (χ4v) is 5.17. The van der Waals surface area contributed by atoms with Gasteiger partial charge in [-0.3, -0.25) is 13.9 Å². The summed E-state index contributed by atoms with van der Waals surface area (Å²) in [6, 6.07) is 6.60. The van der Waals surface area contributed by atoms with E-state index in [0.29, 0.717) is 0 Å². The Hall–Kier alpha value is -3.37. The summed E-state index contributed by atoms with van der Waals surface area (Å²) in [6.45, 7) is 0.609. The van der Waals surface area contributed by atoms with Crippen LogP contribution in [0.1, 0.15) is 19.0 Å². The average Bonchev–Trinajstić information content (AvgIpc) is 3.43. The number of esters is 1. The molecule has 4 N–H and O–H groups in total. The highest BCUT2D eigenvalue weighted by Gasteiger charge is 2.47. The van der Waals surface area contributed by atoms with Crippen molar-refractivity contribution in [2.45, 2.75) is 43.7 Å². The number of benzene rings is 1. The highest BCUT2D eigenvalue weighted by molar-refractivity contribution is 7.52. The minimum absolute atomic E-state index is 0.0992. The molecular weight excluding hydrogens is 555 g/mol. The van der Waals surface area contributed by atoms with Gasteiger partial charge in [-0.1, -0.05) is 18.2 Å². The quantitative estimate of drug-likeness (QED) is 0.193. The third kappa shape index (κ3) is 6.12. The number of halogens is 4. The van der Waals surface area contributed by atoms with Crippen LogP contribution in [0.15, 0.2) is 36.7 Å². The highest BCUT2D eigenvalue weighted by Crippen LogP contribution is 2.46. The number of para-hydroxylation sites is 1. The molecule has 0 saturated carbocycles. The summed E-state index contributed by atoms with van der Waals surface area (Å²) < 4.78 is 90.0. The SMILES string of the molecule is COC(=O)[C@H](C)NP(=O)(OC[C@H]1O[C@@H](n2cnc3c(N)nc(C(F)(F)F)nc32)C(F)C1O)Oc1ccccc1. The maximum absolute atomic E-state index is 15.1. The van der Waals surface area contributed by atoms with Gasteiger partial charge in [-0.2, -0.15) is 18.3 Å². The van der Waals surface area contributed by atoms with E-state index in [4.69, 9.17) is 19.5 Å². The molecule has 4 rings (SSSR count). The van der Waals surface area contributed by atoms with Crippen molar-refractivity contribution in [1.29, 1.82) is 0 Å². The second kappa shape index (κ2) is 11.0. The fraction of sp³-hybridized carbons (Fsp3) is 0.429. The van der Waals surface area contributed by atoms with Crippen molar-refractivity contribution in [3.8, 4) is 5.75 Å². The maximum atomic E-state index is 15.1. The molecule has 0 spiro atoms. The lowest BCUT2D eigenvalue weighted by Crippen LogP contribution is -2.36. The zero-order valence-corrected chi connectivity index (χ0v) is 21.2. The summed E-state index contributed by atoms with van der Waals surface area (Å²) in [6.07, 6.45) is -11.3. The van der Waals surface area contributed by atoms with Gasteiger partial charge in [0, 0.05) is 0 Å². The average molecular weight is 578 g/mol. The van der Waals surface area contributed by atoms with Crippen LogP contribution < -0.4 is 15.3 Å². The Labute approximate surface area is 217 Å². The topological polar surface area (TPSA) is 173 Å². The molecule has 1 saturated heterocycles. The number of aliphatic hydroxyl groups is 1. The number of nitrogen functional groups attached to an aromatic ring is 1. The monoisotopic (exact) mass is 578 g/mol. The number of anilines is 1. The molecule has 0 radical (unpaired) electrons. The number of imidazole rings is 1. The molecule has 2 aromatic heterocycles. The zero-order chi connectivity index (χ0) is 28.5. The predicted molar refractivity (Wildman–Crippen MR) is 125 cm³/mol.